The molecular weight excluding hydrogens is 867 g/mol. The maximum atomic E-state index is 14.5. The van der Waals surface area contributed by atoms with Gasteiger partial charge in [0.1, 0.15) is 40.7 Å². The van der Waals surface area contributed by atoms with Crippen LogP contribution in [0, 0.1) is 0 Å². The zero-order valence-corrected chi connectivity index (χ0v) is 36.8. The SMILES string of the molecule is CO/N=C(\C(=O)N[C@@H]1C(=O)N2C(C(=O)OC(c3ccccc3)c3ccccc3)=C(SC3CCOC3=O)CS[C@H]12)c1csc(NC(c2ccccc2)(c2ccccc2)c2ccccc2)n1. The van der Waals surface area contributed by atoms with E-state index >= 15 is 0 Å². The predicted molar refractivity (Wildman–Crippen MR) is 248 cm³/mol. The molecule has 3 atom stereocenters. The Hall–Kier alpha value is -6.68. The van der Waals surface area contributed by atoms with Crippen molar-refractivity contribution in [2.24, 2.45) is 5.16 Å². The van der Waals surface area contributed by atoms with Crippen LogP contribution in [0.1, 0.15) is 46.0 Å². The number of anilines is 1. The van der Waals surface area contributed by atoms with Gasteiger partial charge in [0.2, 0.25) is 0 Å². The largest absolute Gasteiger partial charge is 0.465 e. The number of β-lactam (4-membered cyclic amide) rings is 1. The van der Waals surface area contributed by atoms with Gasteiger partial charge in [-0.1, -0.05) is 157 Å². The van der Waals surface area contributed by atoms with E-state index in [1.165, 1.54) is 46.9 Å². The molecule has 2 saturated heterocycles. The van der Waals surface area contributed by atoms with Gasteiger partial charge < -0.3 is 24.9 Å². The number of amides is 2. The number of carbonyl (C=O) groups excluding carboxylic acids is 4. The molecule has 0 saturated carbocycles. The Morgan fingerprint density at radius 2 is 1.38 bits per heavy atom. The summed E-state index contributed by atoms with van der Waals surface area (Å²) in [5, 5.41) is 11.7. The first-order valence-corrected chi connectivity index (χ1v) is 23.3. The first kappa shape index (κ1) is 42.6. The van der Waals surface area contributed by atoms with Crippen LogP contribution in [0.5, 0.6) is 0 Å². The maximum Gasteiger partial charge on any atom is 0.356 e. The predicted octanol–water partition coefficient (Wildman–Crippen LogP) is 7.89. The number of hydrogen-bond acceptors (Lipinski definition) is 13. The maximum absolute atomic E-state index is 14.5. The minimum atomic E-state index is -1.03. The van der Waals surface area contributed by atoms with Crippen LogP contribution in [0.3, 0.4) is 0 Å². The molecule has 1 unspecified atom stereocenters. The summed E-state index contributed by atoms with van der Waals surface area (Å²) in [7, 11) is 1.33. The summed E-state index contributed by atoms with van der Waals surface area (Å²) in [6.07, 6.45) is -0.318. The number of thioether (sulfide) groups is 2. The molecule has 6 aromatic rings. The van der Waals surface area contributed by atoms with E-state index in [-0.39, 0.29) is 35.4 Å². The summed E-state index contributed by atoms with van der Waals surface area (Å²) in [6.45, 7) is 0.274. The van der Waals surface area contributed by atoms with Crippen molar-refractivity contribution in [1.82, 2.24) is 15.2 Å². The van der Waals surface area contributed by atoms with Crippen LogP contribution in [0.15, 0.2) is 173 Å². The summed E-state index contributed by atoms with van der Waals surface area (Å²) in [5.74, 6) is -2.02. The fourth-order valence-corrected chi connectivity index (χ4v) is 11.5. The fourth-order valence-electron chi connectivity index (χ4n) is 8.06. The lowest BCUT2D eigenvalue weighted by molar-refractivity contribution is -0.154. The second kappa shape index (κ2) is 19.0. The molecule has 15 heteroatoms. The minimum absolute atomic E-state index is 0.0422. The number of rotatable bonds is 15. The van der Waals surface area contributed by atoms with Crippen molar-refractivity contribution in [2.45, 2.75) is 34.7 Å². The van der Waals surface area contributed by atoms with Crippen molar-refractivity contribution in [3.05, 3.63) is 201 Å². The number of cyclic esters (lactones) is 1. The molecule has 0 bridgehead atoms. The zero-order chi connectivity index (χ0) is 44.0. The van der Waals surface area contributed by atoms with E-state index in [0.717, 1.165) is 27.8 Å². The third-order valence-electron chi connectivity index (χ3n) is 11.1. The Bertz CT molecular complexity index is 2570. The van der Waals surface area contributed by atoms with Crippen LogP contribution in [0.25, 0.3) is 0 Å². The van der Waals surface area contributed by atoms with Gasteiger partial charge in [0, 0.05) is 22.5 Å². The van der Waals surface area contributed by atoms with Crippen LogP contribution >= 0.6 is 34.9 Å². The van der Waals surface area contributed by atoms with E-state index in [4.69, 9.17) is 19.3 Å². The molecular formula is C49H41N5O7S3. The summed E-state index contributed by atoms with van der Waals surface area (Å²) >= 11 is 3.88. The van der Waals surface area contributed by atoms with Gasteiger partial charge >= 0.3 is 11.9 Å². The molecule has 3 aliphatic heterocycles. The third-order valence-corrected chi connectivity index (χ3v) is 14.6. The van der Waals surface area contributed by atoms with Gasteiger partial charge in [-0.2, -0.15) is 0 Å². The highest BCUT2D eigenvalue weighted by Crippen LogP contribution is 2.47. The molecule has 4 heterocycles. The second-order valence-corrected chi connectivity index (χ2v) is 18.2. The Labute approximate surface area is 382 Å². The van der Waals surface area contributed by atoms with Crippen molar-refractivity contribution >= 4 is 69.5 Å². The van der Waals surface area contributed by atoms with Crippen LogP contribution in [-0.2, 0) is 39.0 Å². The number of aromatic nitrogens is 1. The van der Waals surface area contributed by atoms with Crippen LogP contribution in [-0.4, -0.2) is 75.5 Å². The van der Waals surface area contributed by atoms with Crippen molar-refractivity contribution in [1.29, 1.82) is 0 Å². The lowest BCUT2D eigenvalue weighted by atomic mass is 9.77. The molecule has 2 N–H and O–H groups in total. The van der Waals surface area contributed by atoms with Gasteiger partial charge in [0.05, 0.1) is 6.61 Å². The lowest BCUT2D eigenvalue weighted by Gasteiger charge is -2.49. The molecule has 3 aliphatic rings. The normalized spacial score (nSPS) is 18.5. The number of nitrogens with one attached hydrogen (secondary N) is 2. The number of oxime groups is 1. The quantitative estimate of drug-likeness (QED) is 0.0341. The van der Waals surface area contributed by atoms with Crippen LogP contribution in [0.2, 0.25) is 0 Å². The van der Waals surface area contributed by atoms with Gasteiger partial charge in [-0.15, -0.1) is 34.9 Å². The van der Waals surface area contributed by atoms with Gasteiger partial charge in [0.25, 0.3) is 11.8 Å². The fraction of sp³-hybridized carbons (Fsp3) is 0.184. The second-order valence-electron chi connectivity index (χ2n) is 14.9. The van der Waals surface area contributed by atoms with Gasteiger partial charge in [-0.05, 0) is 27.8 Å². The number of carbonyl (C=O) groups is 4. The number of benzene rings is 5. The zero-order valence-electron chi connectivity index (χ0n) is 34.4. The monoisotopic (exact) mass is 907 g/mol. The molecule has 0 spiro atoms. The molecule has 2 amide bonds. The molecule has 12 nitrogen and oxygen atoms in total. The van der Waals surface area contributed by atoms with E-state index in [0.29, 0.717) is 16.5 Å². The Morgan fingerprint density at radius 3 is 1.89 bits per heavy atom. The number of esters is 2. The van der Waals surface area contributed by atoms with Gasteiger partial charge in [0.15, 0.2) is 16.9 Å². The Kier molecular flexibility index (Phi) is 12.6. The van der Waals surface area contributed by atoms with Gasteiger partial charge in [-0.25, -0.2) is 9.78 Å². The average molecular weight is 908 g/mol. The Morgan fingerprint density at radius 1 is 0.828 bits per heavy atom. The minimum Gasteiger partial charge on any atom is -0.465 e. The summed E-state index contributed by atoms with van der Waals surface area (Å²) in [5.41, 5.74) is 3.68. The van der Waals surface area contributed by atoms with Crippen LogP contribution in [0.4, 0.5) is 5.13 Å². The molecule has 64 heavy (non-hydrogen) atoms. The summed E-state index contributed by atoms with van der Waals surface area (Å²) < 4.78 is 11.5. The molecule has 0 radical (unpaired) electrons. The number of fused-ring (bicyclic) bond motifs is 1. The molecule has 5 aromatic carbocycles. The standard InChI is InChI=1S/C49H41N5O7S3/c1-59-53-39(36-29-63-48(50-36)52-49(33-21-11-4-12-22-33,34-23-13-5-14-24-34)35-25-15-6-16-26-35)43(55)51-40-44(56)54-41(38(30-62-45(40)54)64-37-27-28-60-46(37)57)47(58)61-42(31-17-7-2-8-18-31)32-19-9-3-10-20-32/h2-26,29,37,40,42,45H,27-28,30H2,1H3,(H,50,52)(H,51,55)/b53-39-/t37?,40-,45-/m1/s1. The van der Waals surface area contributed by atoms with Gasteiger partial charge in [-0.3, -0.25) is 19.3 Å². The first-order valence-electron chi connectivity index (χ1n) is 20.5. The third kappa shape index (κ3) is 8.41. The van der Waals surface area contributed by atoms with E-state index in [1.807, 2.05) is 115 Å². The van der Waals surface area contributed by atoms with Crippen LogP contribution < -0.4 is 10.6 Å². The van der Waals surface area contributed by atoms with E-state index in [2.05, 4.69) is 52.2 Å². The average Bonchev–Trinajstić information content (AvgIpc) is 3.99. The van der Waals surface area contributed by atoms with Crippen molar-refractivity contribution in [3.63, 3.8) is 0 Å². The smallest absolute Gasteiger partial charge is 0.356 e. The Balaban J connectivity index is 0.983. The number of hydrogen-bond donors (Lipinski definition) is 2. The molecule has 1 aromatic heterocycles. The molecule has 2 fully saturated rings. The molecule has 322 valence electrons. The van der Waals surface area contributed by atoms with Crippen molar-refractivity contribution in [3.8, 4) is 0 Å². The van der Waals surface area contributed by atoms with E-state index < -0.39 is 46.1 Å². The summed E-state index contributed by atoms with van der Waals surface area (Å²) in [6, 6.07) is 47.9. The highest BCUT2D eigenvalue weighted by Gasteiger charge is 2.55. The van der Waals surface area contributed by atoms with Crippen molar-refractivity contribution in [2.75, 3.05) is 24.8 Å². The molecule has 0 aliphatic carbocycles. The first-order chi connectivity index (χ1) is 31.4. The van der Waals surface area contributed by atoms with E-state index in [1.54, 1.807) is 5.38 Å². The topological polar surface area (TPSA) is 149 Å². The highest BCUT2D eigenvalue weighted by atomic mass is 32.2. The number of ether oxygens (including phenoxy) is 2. The summed E-state index contributed by atoms with van der Waals surface area (Å²) in [4.78, 5) is 67.5. The number of thiazole rings is 1. The van der Waals surface area contributed by atoms with E-state index in [9.17, 15) is 19.2 Å². The van der Waals surface area contributed by atoms with Crippen molar-refractivity contribution < 1.29 is 33.5 Å². The number of nitrogens with zero attached hydrogens (tertiary/aromatic N) is 3. The highest BCUT2D eigenvalue weighted by molar-refractivity contribution is 8.07. The molecule has 9 rings (SSSR count). The lowest BCUT2D eigenvalue weighted by Crippen LogP contribution is -2.71.